The van der Waals surface area contributed by atoms with Gasteiger partial charge in [0.15, 0.2) is 5.75 Å². The Kier molecular flexibility index (Phi) is 24.5. The molecule has 6 amide bonds. The number of anilines is 1. The first-order valence-electron chi connectivity index (χ1n) is 22.6. The van der Waals surface area contributed by atoms with Gasteiger partial charge in [-0.3, -0.25) is 43.4 Å². The van der Waals surface area contributed by atoms with E-state index < -0.39 is 47.1 Å². The minimum absolute atomic E-state index is 0.0211. The number of ether oxygens (including phenoxy) is 9. The summed E-state index contributed by atoms with van der Waals surface area (Å²) < 4.78 is 49.6. The van der Waals surface area contributed by atoms with Crippen LogP contribution in [0.3, 0.4) is 0 Å². The van der Waals surface area contributed by atoms with Crippen molar-refractivity contribution in [3.8, 4) is 5.75 Å². The summed E-state index contributed by atoms with van der Waals surface area (Å²) in [5.41, 5.74) is -0.682. The second-order valence-corrected chi connectivity index (χ2v) is 17.6. The molecule has 68 heavy (non-hydrogen) atoms. The molecule has 1 aromatic rings. The first kappa shape index (κ1) is 56.7. The highest BCUT2D eigenvalue weighted by Gasteiger charge is 2.28. The molecule has 2 atom stereocenters. The van der Waals surface area contributed by atoms with Gasteiger partial charge in [0.2, 0.25) is 5.91 Å². The Balaban J connectivity index is 1.52. The van der Waals surface area contributed by atoms with Gasteiger partial charge in [-0.05, 0) is 72.1 Å². The van der Waals surface area contributed by atoms with Gasteiger partial charge < -0.3 is 53.3 Å². The van der Waals surface area contributed by atoms with Crippen LogP contribution >= 0.6 is 0 Å². The number of hydrogen-bond acceptors (Lipinski definition) is 17. The topological polar surface area (TPSA) is 250 Å². The van der Waals surface area contributed by atoms with Crippen molar-refractivity contribution in [2.45, 2.75) is 91.4 Å². The SMILES string of the molecule is CC(CC(Cc1ccc(OC(=O)CCOCCOCCOCCN2C(=O)C=CC2=O)c(NC(=O)CCOCCOCCOCCN2C(=O)C=CC2=O)c1)NC(=O)OC(C)(C)C)C(=O)OC(C)(C)C. The molecule has 0 radical (unpaired) electrons. The predicted octanol–water partition coefficient (Wildman–Crippen LogP) is 3.06. The average Bonchev–Trinajstić information content (AvgIpc) is 3.74. The summed E-state index contributed by atoms with van der Waals surface area (Å²) in [6.07, 6.45) is 4.39. The van der Waals surface area contributed by atoms with E-state index in [1.165, 1.54) is 30.4 Å². The Morgan fingerprint density at radius 1 is 0.588 bits per heavy atom. The molecular weight excluding hydrogens is 893 g/mol. The van der Waals surface area contributed by atoms with E-state index in [4.69, 9.17) is 42.6 Å². The molecule has 3 rings (SSSR count). The van der Waals surface area contributed by atoms with E-state index in [2.05, 4.69) is 10.6 Å². The van der Waals surface area contributed by atoms with Crippen LogP contribution in [0.4, 0.5) is 10.5 Å². The van der Waals surface area contributed by atoms with E-state index in [1.54, 1.807) is 60.6 Å². The fraction of sp³-hybridized carbons (Fsp3) is 0.617. The summed E-state index contributed by atoms with van der Waals surface area (Å²) in [5.74, 6) is -3.54. The van der Waals surface area contributed by atoms with Gasteiger partial charge in [-0.25, -0.2) is 4.79 Å². The molecule has 0 saturated heterocycles. The summed E-state index contributed by atoms with van der Waals surface area (Å²) in [5, 5.41) is 5.66. The number of amides is 6. The third kappa shape index (κ3) is 23.4. The fourth-order valence-electron chi connectivity index (χ4n) is 6.17. The molecule has 0 aliphatic carbocycles. The summed E-state index contributed by atoms with van der Waals surface area (Å²) in [6.45, 7) is 14.8. The zero-order valence-electron chi connectivity index (χ0n) is 40.3. The van der Waals surface area contributed by atoms with Crippen LogP contribution in [0.5, 0.6) is 5.75 Å². The van der Waals surface area contributed by atoms with Gasteiger partial charge in [0.25, 0.3) is 23.6 Å². The normalized spacial score (nSPS) is 14.7. The van der Waals surface area contributed by atoms with Crippen molar-refractivity contribution in [2.75, 3.05) is 97.7 Å². The molecule has 378 valence electrons. The molecule has 0 fully saturated rings. The quantitative estimate of drug-likeness (QED) is 0.0456. The van der Waals surface area contributed by atoms with Crippen LogP contribution in [0.15, 0.2) is 42.5 Å². The van der Waals surface area contributed by atoms with Crippen LogP contribution in [0.2, 0.25) is 0 Å². The maximum atomic E-state index is 13.2. The van der Waals surface area contributed by atoms with Crippen molar-refractivity contribution in [1.29, 1.82) is 0 Å². The minimum atomic E-state index is -0.782. The number of carbonyl (C=O) groups excluding carboxylic acids is 8. The molecule has 2 aliphatic rings. The van der Waals surface area contributed by atoms with Gasteiger partial charge in [-0.15, -0.1) is 0 Å². The van der Waals surface area contributed by atoms with E-state index in [9.17, 15) is 38.4 Å². The number of rotatable bonds is 32. The van der Waals surface area contributed by atoms with E-state index in [0.717, 1.165) is 9.80 Å². The predicted molar refractivity (Wildman–Crippen MR) is 243 cm³/mol. The van der Waals surface area contributed by atoms with Crippen LogP contribution < -0.4 is 15.4 Å². The Morgan fingerprint density at radius 2 is 1.03 bits per heavy atom. The Labute approximate surface area is 397 Å². The van der Waals surface area contributed by atoms with Gasteiger partial charge in [-0.2, -0.15) is 0 Å². The van der Waals surface area contributed by atoms with Gasteiger partial charge in [0.05, 0.1) is 117 Å². The van der Waals surface area contributed by atoms with E-state index in [-0.39, 0.29) is 153 Å². The minimum Gasteiger partial charge on any atom is -0.460 e. The second-order valence-electron chi connectivity index (χ2n) is 17.6. The molecule has 0 spiro atoms. The molecule has 0 saturated carbocycles. The smallest absolute Gasteiger partial charge is 0.407 e. The summed E-state index contributed by atoms with van der Waals surface area (Å²) in [7, 11) is 0. The average molecular weight is 961 g/mol. The molecular formula is C47H68N4O17. The number of nitrogens with zero attached hydrogens (tertiary/aromatic N) is 2. The third-order valence-electron chi connectivity index (χ3n) is 9.32. The van der Waals surface area contributed by atoms with Crippen LogP contribution in [-0.4, -0.2) is 167 Å². The molecule has 0 aromatic heterocycles. The highest BCUT2D eigenvalue weighted by atomic mass is 16.6. The third-order valence-corrected chi connectivity index (χ3v) is 9.32. The van der Waals surface area contributed by atoms with Crippen molar-refractivity contribution >= 4 is 53.3 Å². The van der Waals surface area contributed by atoms with Crippen molar-refractivity contribution in [2.24, 2.45) is 5.92 Å². The molecule has 2 N–H and O–H groups in total. The Morgan fingerprint density at radius 3 is 1.50 bits per heavy atom. The lowest BCUT2D eigenvalue weighted by atomic mass is 9.95. The number of imide groups is 2. The molecule has 2 unspecified atom stereocenters. The number of alkyl carbamates (subject to hydrolysis) is 1. The maximum Gasteiger partial charge on any atom is 0.407 e. The Hall–Kier alpha value is -5.58. The number of nitrogens with one attached hydrogen (secondary N) is 2. The van der Waals surface area contributed by atoms with Crippen LogP contribution in [0.1, 0.15) is 73.3 Å². The first-order valence-corrected chi connectivity index (χ1v) is 22.6. The van der Waals surface area contributed by atoms with Crippen molar-refractivity contribution < 1.29 is 81.0 Å². The van der Waals surface area contributed by atoms with Gasteiger partial charge in [0, 0.05) is 30.3 Å². The van der Waals surface area contributed by atoms with Gasteiger partial charge in [0.1, 0.15) is 11.2 Å². The van der Waals surface area contributed by atoms with Crippen LogP contribution in [0.25, 0.3) is 0 Å². The summed E-state index contributed by atoms with van der Waals surface area (Å²) in [4.78, 5) is 101. The zero-order valence-corrected chi connectivity index (χ0v) is 40.3. The standard InChI is InChI=1S/C47H68N4O17/c1-33(44(58)67-46(2,3)4)30-35(48-45(59)68-47(5,6)7)31-34-8-9-37(66-43(57)15-19-61-23-27-65-29-25-63-21-17-51-41(55)12-13-42(51)56)36(32-34)49-38(52)14-18-60-22-26-64-28-24-62-20-16-50-39(53)10-11-40(50)54/h8-13,32-33,35H,14-31H2,1-7H3,(H,48,59)(H,49,52). The summed E-state index contributed by atoms with van der Waals surface area (Å²) in [6, 6.07) is 4.22. The lowest BCUT2D eigenvalue weighted by molar-refractivity contribution is -0.160. The second kappa shape index (κ2) is 29.3. The van der Waals surface area contributed by atoms with E-state index >= 15 is 0 Å². The number of esters is 2. The van der Waals surface area contributed by atoms with Gasteiger partial charge >= 0.3 is 18.0 Å². The first-order chi connectivity index (χ1) is 32.2. The number of benzene rings is 1. The van der Waals surface area contributed by atoms with Crippen molar-refractivity contribution in [3.05, 3.63) is 48.1 Å². The lowest BCUT2D eigenvalue weighted by Crippen LogP contribution is -2.42. The molecule has 0 bridgehead atoms. The van der Waals surface area contributed by atoms with Crippen LogP contribution in [0, 0.1) is 5.92 Å². The monoisotopic (exact) mass is 960 g/mol. The molecule has 2 aliphatic heterocycles. The molecule has 21 nitrogen and oxygen atoms in total. The highest BCUT2D eigenvalue weighted by molar-refractivity contribution is 6.13. The van der Waals surface area contributed by atoms with E-state index in [0.29, 0.717) is 5.56 Å². The van der Waals surface area contributed by atoms with Gasteiger partial charge in [-0.1, -0.05) is 13.0 Å². The summed E-state index contributed by atoms with van der Waals surface area (Å²) >= 11 is 0. The zero-order chi connectivity index (χ0) is 50.1. The van der Waals surface area contributed by atoms with Crippen molar-refractivity contribution in [3.63, 3.8) is 0 Å². The largest absolute Gasteiger partial charge is 0.460 e. The fourth-order valence-corrected chi connectivity index (χ4v) is 6.17. The van der Waals surface area contributed by atoms with E-state index in [1.807, 2.05) is 0 Å². The Bertz CT molecular complexity index is 1890. The molecule has 1 aromatic carbocycles. The van der Waals surface area contributed by atoms with Crippen molar-refractivity contribution in [1.82, 2.24) is 15.1 Å². The number of hydrogen-bond donors (Lipinski definition) is 2. The maximum absolute atomic E-state index is 13.2. The lowest BCUT2D eigenvalue weighted by Gasteiger charge is -2.27. The molecule has 2 heterocycles. The molecule has 21 heteroatoms. The van der Waals surface area contributed by atoms with Crippen LogP contribution in [-0.2, 0) is 77.9 Å². The highest BCUT2D eigenvalue weighted by Crippen LogP contribution is 2.28. The number of carbonyl (C=O) groups is 8.